The van der Waals surface area contributed by atoms with Gasteiger partial charge in [-0.3, -0.25) is 9.07 Å². The van der Waals surface area contributed by atoms with Crippen molar-refractivity contribution in [3.8, 4) is 11.1 Å². The Bertz CT molecular complexity index is 930. The summed E-state index contributed by atoms with van der Waals surface area (Å²) < 4.78 is 14.2. The molecule has 0 aliphatic rings. The van der Waals surface area contributed by atoms with Crippen LogP contribution in [0.25, 0.3) is 22.0 Å². The standard InChI is InChI=1S/C20H22FN5/c1-14(5-3-4-9-21)13-26-19-7-6-16(17-8-10-23-24-12-17)11-18(19)20(25-26)15(2)22/h6-8,10-12,22H,1,3-5,9,13H2,2H3. The van der Waals surface area contributed by atoms with Crippen LogP contribution >= 0.6 is 0 Å². The summed E-state index contributed by atoms with van der Waals surface area (Å²) in [6, 6.07) is 7.98. The van der Waals surface area contributed by atoms with Gasteiger partial charge in [0.2, 0.25) is 0 Å². The number of nitrogens with zero attached hydrogens (tertiary/aromatic N) is 4. The van der Waals surface area contributed by atoms with E-state index < -0.39 is 0 Å². The molecule has 0 bridgehead atoms. The van der Waals surface area contributed by atoms with Gasteiger partial charge in [0.15, 0.2) is 0 Å². The molecule has 0 radical (unpaired) electrons. The van der Waals surface area contributed by atoms with Gasteiger partial charge in [-0.25, -0.2) is 0 Å². The van der Waals surface area contributed by atoms with Crippen LogP contribution in [0.5, 0.6) is 0 Å². The molecule has 0 aliphatic heterocycles. The molecule has 1 aromatic carbocycles. The summed E-state index contributed by atoms with van der Waals surface area (Å²) in [5.74, 6) is 0. The Kier molecular flexibility index (Phi) is 5.51. The molecule has 0 saturated heterocycles. The van der Waals surface area contributed by atoms with Gasteiger partial charge in [0, 0.05) is 10.9 Å². The molecule has 2 heterocycles. The highest BCUT2D eigenvalue weighted by Crippen LogP contribution is 2.27. The summed E-state index contributed by atoms with van der Waals surface area (Å²) in [5.41, 5.74) is 5.04. The molecular formula is C20H22FN5. The van der Waals surface area contributed by atoms with E-state index in [9.17, 15) is 4.39 Å². The third-order valence-electron chi connectivity index (χ3n) is 4.31. The molecule has 1 N–H and O–H groups in total. The average molecular weight is 351 g/mol. The number of aromatic nitrogens is 4. The largest absolute Gasteiger partial charge is 0.303 e. The molecule has 3 aromatic rings. The van der Waals surface area contributed by atoms with Crippen LogP contribution in [-0.2, 0) is 6.54 Å². The van der Waals surface area contributed by atoms with E-state index in [2.05, 4.69) is 21.9 Å². The first-order valence-corrected chi connectivity index (χ1v) is 8.66. The van der Waals surface area contributed by atoms with Gasteiger partial charge in [0.05, 0.1) is 36.8 Å². The number of rotatable bonds is 8. The maximum Gasteiger partial charge on any atom is 0.113 e. The van der Waals surface area contributed by atoms with Crippen LogP contribution in [0.1, 0.15) is 31.9 Å². The topological polar surface area (TPSA) is 67.5 Å². The third kappa shape index (κ3) is 3.85. The van der Waals surface area contributed by atoms with Crippen molar-refractivity contribution in [3.63, 3.8) is 0 Å². The summed E-state index contributed by atoms with van der Waals surface area (Å²) in [4.78, 5) is 0. The van der Waals surface area contributed by atoms with Crippen LogP contribution in [0.3, 0.4) is 0 Å². The molecule has 0 saturated carbocycles. The van der Waals surface area contributed by atoms with Gasteiger partial charge in [0.1, 0.15) is 5.69 Å². The number of hydrogen-bond donors (Lipinski definition) is 1. The smallest absolute Gasteiger partial charge is 0.113 e. The minimum absolute atomic E-state index is 0.290. The number of fused-ring (bicyclic) bond motifs is 1. The molecule has 0 unspecified atom stereocenters. The van der Waals surface area contributed by atoms with Crippen molar-refractivity contribution in [1.29, 1.82) is 5.41 Å². The lowest BCUT2D eigenvalue weighted by atomic mass is 10.0. The lowest BCUT2D eigenvalue weighted by molar-refractivity contribution is 0.460. The van der Waals surface area contributed by atoms with Crippen LogP contribution in [0.4, 0.5) is 4.39 Å². The van der Waals surface area contributed by atoms with E-state index in [1.165, 1.54) is 0 Å². The Balaban J connectivity index is 1.95. The number of hydrogen-bond acceptors (Lipinski definition) is 4. The Morgan fingerprint density at radius 1 is 1.19 bits per heavy atom. The van der Waals surface area contributed by atoms with Crippen molar-refractivity contribution in [2.75, 3.05) is 6.67 Å². The molecule has 0 aliphatic carbocycles. The number of benzene rings is 1. The van der Waals surface area contributed by atoms with Gasteiger partial charge in [0.25, 0.3) is 0 Å². The fraction of sp³-hybridized carbons (Fsp3) is 0.300. The molecule has 0 fully saturated rings. The zero-order chi connectivity index (χ0) is 18.5. The van der Waals surface area contributed by atoms with Crippen molar-refractivity contribution in [2.45, 2.75) is 32.7 Å². The molecular weight excluding hydrogens is 329 g/mol. The summed E-state index contributed by atoms with van der Waals surface area (Å²) in [6.07, 6.45) is 5.52. The van der Waals surface area contributed by atoms with Gasteiger partial charge in [-0.1, -0.05) is 18.2 Å². The van der Waals surface area contributed by atoms with Crippen LogP contribution in [-0.4, -0.2) is 32.4 Å². The first kappa shape index (κ1) is 17.9. The highest BCUT2D eigenvalue weighted by molar-refractivity contribution is 6.07. The Morgan fingerprint density at radius 2 is 2.04 bits per heavy atom. The number of nitrogens with one attached hydrogen (secondary N) is 1. The molecule has 3 rings (SSSR count). The van der Waals surface area contributed by atoms with E-state index in [4.69, 9.17) is 5.41 Å². The van der Waals surface area contributed by atoms with E-state index in [0.29, 0.717) is 24.4 Å². The quantitative estimate of drug-likeness (QED) is 0.367. The van der Waals surface area contributed by atoms with Gasteiger partial charge in [-0.15, -0.1) is 0 Å². The second-order valence-corrected chi connectivity index (χ2v) is 6.39. The molecule has 6 heteroatoms. The summed E-state index contributed by atoms with van der Waals surface area (Å²) in [7, 11) is 0. The number of allylic oxidation sites excluding steroid dienone is 1. The van der Waals surface area contributed by atoms with Gasteiger partial charge >= 0.3 is 0 Å². The minimum atomic E-state index is -0.290. The van der Waals surface area contributed by atoms with Crippen molar-refractivity contribution >= 4 is 16.6 Å². The number of alkyl halides is 1. The summed E-state index contributed by atoms with van der Waals surface area (Å²) in [5, 5.41) is 21.4. The average Bonchev–Trinajstić information content (AvgIpc) is 3.01. The van der Waals surface area contributed by atoms with Crippen LogP contribution < -0.4 is 0 Å². The van der Waals surface area contributed by atoms with Crippen LogP contribution in [0.15, 0.2) is 48.8 Å². The molecule has 0 spiro atoms. The van der Waals surface area contributed by atoms with Crippen LogP contribution in [0.2, 0.25) is 0 Å². The highest BCUT2D eigenvalue weighted by Gasteiger charge is 2.14. The number of unbranched alkanes of at least 4 members (excludes halogenated alkanes) is 1. The van der Waals surface area contributed by atoms with Crippen molar-refractivity contribution < 1.29 is 4.39 Å². The van der Waals surface area contributed by atoms with E-state index in [0.717, 1.165) is 40.4 Å². The zero-order valence-corrected chi connectivity index (χ0v) is 14.9. The maximum atomic E-state index is 12.3. The fourth-order valence-electron chi connectivity index (χ4n) is 2.98. The fourth-order valence-corrected chi connectivity index (χ4v) is 2.98. The second kappa shape index (κ2) is 7.99. The highest BCUT2D eigenvalue weighted by atomic mass is 19.1. The first-order chi connectivity index (χ1) is 12.6. The molecule has 26 heavy (non-hydrogen) atoms. The lowest BCUT2D eigenvalue weighted by Gasteiger charge is -2.07. The van der Waals surface area contributed by atoms with Gasteiger partial charge in [-0.2, -0.15) is 15.3 Å². The van der Waals surface area contributed by atoms with Gasteiger partial charge in [-0.05, 0) is 49.9 Å². The van der Waals surface area contributed by atoms with E-state index >= 15 is 0 Å². The normalized spacial score (nSPS) is 11.0. The molecule has 2 aromatic heterocycles. The summed E-state index contributed by atoms with van der Waals surface area (Å²) in [6.45, 7) is 6.12. The molecule has 0 atom stereocenters. The molecule has 0 amide bonds. The predicted octanol–water partition coefficient (Wildman–Crippen LogP) is 4.58. The minimum Gasteiger partial charge on any atom is -0.303 e. The monoisotopic (exact) mass is 351 g/mol. The Labute approximate surface area is 152 Å². The van der Waals surface area contributed by atoms with Crippen molar-refractivity contribution in [1.82, 2.24) is 20.0 Å². The lowest BCUT2D eigenvalue weighted by Crippen LogP contribution is -2.04. The van der Waals surface area contributed by atoms with Crippen LogP contribution in [0, 0.1) is 5.41 Å². The van der Waals surface area contributed by atoms with E-state index in [1.54, 1.807) is 19.3 Å². The summed E-state index contributed by atoms with van der Waals surface area (Å²) >= 11 is 0. The second-order valence-electron chi connectivity index (χ2n) is 6.39. The number of halogens is 1. The molecule has 134 valence electrons. The Morgan fingerprint density at radius 3 is 2.73 bits per heavy atom. The maximum absolute atomic E-state index is 12.3. The molecule has 5 nitrogen and oxygen atoms in total. The van der Waals surface area contributed by atoms with Gasteiger partial charge < -0.3 is 5.41 Å². The van der Waals surface area contributed by atoms with Crippen molar-refractivity contribution in [3.05, 3.63) is 54.5 Å². The predicted molar refractivity (Wildman–Crippen MR) is 102 cm³/mol. The third-order valence-corrected chi connectivity index (χ3v) is 4.31. The van der Waals surface area contributed by atoms with Crippen molar-refractivity contribution in [2.24, 2.45) is 0 Å². The van der Waals surface area contributed by atoms with E-state index in [-0.39, 0.29) is 6.67 Å². The zero-order valence-electron chi connectivity index (χ0n) is 14.9. The SMILES string of the molecule is C=C(CCCCF)Cn1nc(C(C)=N)c2cc(-c3ccnnc3)ccc21. The Hall–Kier alpha value is -2.89. The first-order valence-electron chi connectivity index (χ1n) is 8.66. The van der Waals surface area contributed by atoms with E-state index in [1.807, 2.05) is 28.9 Å².